The number of pyridine rings is 2. The molecular formula is C12H7BrCl3N3O. The van der Waals surface area contributed by atoms with Crippen LogP contribution in [0.15, 0.2) is 22.9 Å². The zero-order chi connectivity index (χ0) is 14.9. The summed E-state index contributed by atoms with van der Waals surface area (Å²) in [5.74, 6) is -0.732. The molecule has 0 atom stereocenters. The van der Waals surface area contributed by atoms with E-state index in [1.807, 2.05) is 0 Å². The maximum Gasteiger partial charge on any atom is 0.253 e. The lowest BCUT2D eigenvalue weighted by Gasteiger charge is -2.09. The van der Waals surface area contributed by atoms with Crippen LogP contribution in [0.3, 0.4) is 0 Å². The Morgan fingerprint density at radius 2 is 1.95 bits per heavy atom. The number of nitrogens with two attached hydrogens (primary N) is 1. The van der Waals surface area contributed by atoms with E-state index in [0.717, 1.165) is 4.47 Å². The fourth-order valence-corrected chi connectivity index (χ4v) is 2.87. The fraction of sp³-hybridized carbons (Fsp3) is 0.0833. The van der Waals surface area contributed by atoms with E-state index < -0.39 is 5.91 Å². The zero-order valence-corrected chi connectivity index (χ0v) is 13.7. The first-order chi connectivity index (χ1) is 9.40. The van der Waals surface area contributed by atoms with E-state index in [-0.39, 0.29) is 15.7 Å². The first-order valence-electron chi connectivity index (χ1n) is 5.32. The van der Waals surface area contributed by atoms with Gasteiger partial charge in [-0.15, -0.1) is 0 Å². The molecule has 0 saturated heterocycles. The van der Waals surface area contributed by atoms with Gasteiger partial charge in [0.25, 0.3) is 5.91 Å². The summed E-state index contributed by atoms with van der Waals surface area (Å²) in [6.07, 6.45) is 3.40. The third-order valence-electron chi connectivity index (χ3n) is 2.53. The Bertz CT molecular complexity index is 694. The number of primary amides is 1. The van der Waals surface area contributed by atoms with Gasteiger partial charge < -0.3 is 5.73 Å². The first kappa shape index (κ1) is 15.5. The summed E-state index contributed by atoms with van der Waals surface area (Å²) in [6, 6.07) is 1.72. The van der Waals surface area contributed by atoms with E-state index in [1.54, 1.807) is 12.3 Å². The third-order valence-corrected chi connectivity index (χ3v) is 4.01. The first-order valence-corrected chi connectivity index (χ1v) is 7.25. The molecule has 0 aromatic carbocycles. The maximum absolute atomic E-state index is 11.3. The van der Waals surface area contributed by atoms with Crippen molar-refractivity contribution in [3.63, 3.8) is 0 Å². The summed E-state index contributed by atoms with van der Waals surface area (Å²) >= 11 is 21.3. The van der Waals surface area contributed by atoms with Gasteiger partial charge in [-0.05, 0) is 27.6 Å². The highest BCUT2D eigenvalue weighted by molar-refractivity contribution is 9.10. The van der Waals surface area contributed by atoms with Crippen LogP contribution in [0.25, 0.3) is 0 Å². The number of carbonyl (C=O) groups excluding carboxylic acids is 1. The Kier molecular flexibility index (Phi) is 4.86. The molecule has 104 valence electrons. The fourth-order valence-electron chi connectivity index (χ4n) is 1.59. The third kappa shape index (κ3) is 3.23. The van der Waals surface area contributed by atoms with Gasteiger partial charge in [0.1, 0.15) is 5.15 Å². The van der Waals surface area contributed by atoms with Crippen molar-refractivity contribution in [3.8, 4) is 0 Å². The number of rotatable bonds is 3. The SMILES string of the molecule is NC(=O)c1c(Cl)ncc(Cc2ncc(Br)cc2Cl)c1Cl. The van der Waals surface area contributed by atoms with Crippen molar-refractivity contribution in [2.75, 3.05) is 0 Å². The summed E-state index contributed by atoms with van der Waals surface area (Å²) in [6.45, 7) is 0. The average molecular weight is 395 g/mol. The quantitative estimate of drug-likeness (QED) is 0.802. The largest absolute Gasteiger partial charge is 0.365 e. The maximum atomic E-state index is 11.3. The highest BCUT2D eigenvalue weighted by atomic mass is 79.9. The average Bonchev–Trinajstić information content (AvgIpc) is 2.35. The Labute approximate surface area is 138 Å². The van der Waals surface area contributed by atoms with E-state index in [2.05, 4.69) is 25.9 Å². The molecular weight excluding hydrogens is 388 g/mol. The Balaban J connectivity index is 2.44. The van der Waals surface area contributed by atoms with Gasteiger partial charge in [-0.2, -0.15) is 0 Å². The number of hydrogen-bond acceptors (Lipinski definition) is 3. The monoisotopic (exact) mass is 393 g/mol. The predicted octanol–water partition coefficient (Wildman–Crippen LogP) is 3.89. The van der Waals surface area contributed by atoms with Crippen molar-refractivity contribution in [1.82, 2.24) is 9.97 Å². The summed E-state index contributed by atoms with van der Waals surface area (Å²) in [5.41, 5.74) is 6.41. The van der Waals surface area contributed by atoms with Crippen molar-refractivity contribution < 1.29 is 4.79 Å². The van der Waals surface area contributed by atoms with Gasteiger partial charge in [-0.1, -0.05) is 34.8 Å². The summed E-state index contributed by atoms with van der Waals surface area (Å²) < 4.78 is 0.768. The highest BCUT2D eigenvalue weighted by Gasteiger charge is 2.17. The summed E-state index contributed by atoms with van der Waals surface area (Å²) in [5, 5.41) is 0.616. The molecule has 0 fully saturated rings. The second kappa shape index (κ2) is 6.26. The Morgan fingerprint density at radius 1 is 1.25 bits per heavy atom. The van der Waals surface area contributed by atoms with Gasteiger partial charge in [0.05, 0.1) is 21.3 Å². The molecule has 2 aromatic rings. The molecule has 0 spiro atoms. The van der Waals surface area contributed by atoms with Crippen molar-refractivity contribution in [1.29, 1.82) is 0 Å². The van der Waals surface area contributed by atoms with Crippen LogP contribution >= 0.6 is 50.7 Å². The molecule has 2 heterocycles. The second-order valence-corrected chi connectivity index (χ2v) is 5.95. The van der Waals surface area contributed by atoms with Gasteiger partial charge >= 0.3 is 0 Å². The van der Waals surface area contributed by atoms with Gasteiger partial charge in [0.15, 0.2) is 0 Å². The number of aromatic nitrogens is 2. The number of halogens is 4. The standard InChI is InChI=1S/C12H7BrCl3N3O/c13-6-2-7(14)8(18-4-6)1-5-3-19-11(16)9(10(5)15)12(17)20/h2-4H,1H2,(H2,17,20). The van der Waals surface area contributed by atoms with Crippen molar-refractivity contribution >= 4 is 56.6 Å². The molecule has 2 N–H and O–H groups in total. The molecule has 4 nitrogen and oxygen atoms in total. The smallest absolute Gasteiger partial charge is 0.253 e. The van der Waals surface area contributed by atoms with Crippen molar-refractivity contribution in [2.24, 2.45) is 5.73 Å². The van der Waals surface area contributed by atoms with E-state index in [1.165, 1.54) is 6.20 Å². The lowest BCUT2D eigenvalue weighted by molar-refractivity contribution is 0.1000. The molecule has 2 aromatic heterocycles. The topological polar surface area (TPSA) is 68.9 Å². The molecule has 0 unspecified atom stereocenters. The van der Waals surface area contributed by atoms with Crippen LogP contribution in [0.4, 0.5) is 0 Å². The molecule has 0 bridgehead atoms. The van der Waals surface area contributed by atoms with Crippen LogP contribution in [-0.2, 0) is 6.42 Å². The van der Waals surface area contributed by atoms with Crippen LogP contribution in [-0.4, -0.2) is 15.9 Å². The van der Waals surface area contributed by atoms with Gasteiger partial charge in [-0.3, -0.25) is 9.78 Å². The normalized spacial score (nSPS) is 10.6. The molecule has 0 saturated carbocycles. The molecule has 2 rings (SSSR count). The molecule has 0 aliphatic carbocycles. The van der Waals surface area contributed by atoms with E-state index >= 15 is 0 Å². The number of hydrogen-bond donors (Lipinski definition) is 1. The molecule has 20 heavy (non-hydrogen) atoms. The lowest BCUT2D eigenvalue weighted by atomic mass is 10.1. The number of carbonyl (C=O) groups is 1. The van der Waals surface area contributed by atoms with Crippen molar-refractivity contribution in [2.45, 2.75) is 6.42 Å². The Hall–Kier alpha value is -0.880. The van der Waals surface area contributed by atoms with E-state index in [4.69, 9.17) is 40.5 Å². The lowest BCUT2D eigenvalue weighted by Crippen LogP contribution is -2.14. The van der Waals surface area contributed by atoms with E-state index in [9.17, 15) is 4.79 Å². The minimum Gasteiger partial charge on any atom is -0.365 e. The second-order valence-electron chi connectivity index (χ2n) is 3.89. The molecule has 0 aliphatic rings. The summed E-state index contributed by atoms with van der Waals surface area (Å²) in [4.78, 5) is 19.4. The number of amides is 1. The zero-order valence-electron chi connectivity index (χ0n) is 9.83. The molecule has 1 amide bonds. The molecule has 0 radical (unpaired) electrons. The van der Waals surface area contributed by atoms with Crippen LogP contribution in [0.1, 0.15) is 21.6 Å². The van der Waals surface area contributed by atoms with Gasteiger partial charge in [0, 0.05) is 23.3 Å². The Morgan fingerprint density at radius 3 is 2.55 bits per heavy atom. The molecule has 8 heteroatoms. The van der Waals surface area contributed by atoms with Crippen LogP contribution in [0.5, 0.6) is 0 Å². The number of nitrogens with zero attached hydrogens (tertiary/aromatic N) is 2. The van der Waals surface area contributed by atoms with Crippen molar-refractivity contribution in [3.05, 3.63) is 55.0 Å². The van der Waals surface area contributed by atoms with Crippen LogP contribution < -0.4 is 5.73 Å². The van der Waals surface area contributed by atoms with Gasteiger partial charge in [-0.25, -0.2) is 4.98 Å². The van der Waals surface area contributed by atoms with Crippen LogP contribution in [0.2, 0.25) is 15.2 Å². The predicted molar refractivity (Wildman–Crippen MR) is 82.5 cm³/mol. The van der Waals surface area contributed by atoms with E-state index in [0.29, 0.717) is 22.7 Å². The summed E-state index contributed by atoms with van der Waals surface area (Å²) in [7, 11) is 0. The minimum atomic E-state index is -0.732. The minimum absolute atomic E-state index is 0.000863. The van der Waals surface area contributed by atoms with Crippen LogP contribution in [0, 0.1) is 0 Å². The van der Waals surface area contributed by atoms with Gasteiger partial charge in [0.2, 0.25) is 0 Å². The highest BCUT2D eigenvalue weighted by Crippen LogP contribution is 2.29. The molecule has 0 aliphatic heterocycles.